The number of nitrogens with one attached hydrogen (secondary N) is 1. The largest absolute Gasteiger partial charge is 0.354 e. The van der Waals surface area contributed by atoms with Gasteiger partial charge in [-0.3, -0.25) is 9.69 Å². The van der Waals surface area contributed by atoms with Crippen molar-refractivity contribution in [3.63, 3.8) is 0 Å². The van der Waals surface area contributed by atoms with Gasteiger partial charge in [-0.25, -0.2) is 0 Å². The van der Waals surface area contributed by atoms with E-state index in [4.69, 9.17) is 0 Å². The molecule has 1 amide bonds. The van der Waals surface area contributed by atoms with Crippen LogP contribution >= 0.6 is 0 Å². The molecule has 1 aromatic carbocycles. The predicted octanol–water partition coefficient (Wildman–Crippen LogP) is 2.67. The van der Waals surface area contributed by atoms with Crippen molar-refractivity contribution < 1.29 is 4.79 Å². The average Bonchev–Trinajstić information content (AvgIpc) is 2.66. The molecule has 0 radical (unpaired) electrons. The van der Waals surface area contributed by atoms with Crippen molar-refractivity contribution in [3.05, 3.63) is 35.4 Å². The van der Waals surface area contributed by atoms with Gasteiger partial charge in [-0.15, -0.1) is 0 Å². The first-order chi connectivity index (χ1) is 12.2. The summed E-state index contributed by atoms with van der Waals surface area (Å²) in [5.74, 6) is 0.835. The fraction of sp³-hybridized carbons (Fsp3) is 0.667. The van der Waals surface area contributed by atoms with Gasteiger partial charge >= 0.3 is 0 Å². The van der Waals surface area contributed by atoms with Gasteiger partial charge in [0.15, 0.2) is 0 Å². The van der Waals surface area contributed by atoms with Crippen LogP contribution in [0.4, 0.5) is 0 Å². The third-order valence-electron chi connectivity index (χ3n) is 5.90. The Morgan fingerprint density at radius 3 is 2.64 bits per heavy atom. The molecule has 0 bridgehead atoms. The Balaban J connectivity index is 1.43. The van der Waals surface area contributed by atoms with Crippen molar-refractivity contribution in [2.75, 3.05) is 32.7 Å². The van der Waals surface area contributed by atoms with Crippen molar-refractivity contribution in [3.8, 4) is 0 Å². The zero-order valence-corrected chi connectivity index (χ0v) is 15.8. The van der Waals surface area contributed by atoms with E-state index >= 15 is 0 Å². The van der Waals surface area contributed by atoms with Crippen molar-refractivity contribution in [1.29, 1.82) is 0 Å². The van der Waals surface area contributed by atoms with Crippen LogP contribution in [0.15, 0.2) is 24.3 Å². The maximum atomic E-state index is 12.6. The lowest BCUT2D eigenvalue weighted by Gasteiger charge is -2.34. The molecule has 138 valence electrons. The third kappa shape index (κ3) is 4.83. The van der Waals surface area contributed by atoms with Gasteiger partial charge in [0.25, 0.3) is 0 Å². The maximum absolute atomic E-state index is 12.6. The summed E-state index contributed by atoms with van der Waals surface area (Å²) in [7, 11) is 0. The Morgan fingerprint density at radius 2 is 1.92 bits per heavy atom. The number of rotatable bonds is 6. The highest BCUT2D eigenvalue weighted by Gasteiger charge is 2.26. The molecule has 2 aliphatic heterocycles. The monoisotopic (exact) mass is 343 g/mol. The maximum Gasteiger partial charge on any atom is 0.237 e. The molecule has 1 aromatic rings. The van der Waals surface area contributed by atoms with E-state index in [9.17, 15) is 4.79 Å². The van der Waals surface area contributed by atoms with E-state index in [0.29, 0.717) is 5.92 Å². The molecule has 0 aliphatic carbocycles. The molecule has 0 unspecified atom stereocenters. The molecule has 4 nitrogen and oxygen atoms in total. The first-order valence-electron chi connectivity index (χ1n) is 9.98. The Hall–Kier alpha value is -1.39. The highest BCUT2D eigenvalue weighted by molar-refractivity contribution is 5.81. The van der Waals surface area contributed by atoms with Crippen molar-refractivity contribution in [2.45, 2.75) is 52.1 Å². The predicted molar refractivity (Wildman–Crippen MR) is 102 cm³/mol. The van der Waals surface area contributed by atoms with E-state index in [1.807, 2.05) is 6.92 Å². The van der Waals surface area contributed by atoms with Crippen LogP contribution in [0.2, 0.25) is 0 Å². The van der Waals surface area contributed by atoms with Crippen LogP contribution in [-0.2, 0) is 17.8 Å². The fourth-order valence-corrected chi connectivity index (χ4v) is 4.14. The molecule has 1 atom stereocenters. The molecule has 0 spiro atoms. The van der Waals surface area contributed by atoms with Crippen molar-refractivity contribution >= 4 is 5.91 Å². The van der Waals surface area contributed by atoms with Gasteiger partial charge in [-0.05, 0) is 69.3 Å². The number of hydrogen-bond acceptors (Lipinski definition) is 3. The summed E-state index contributed by atoms with van der Waals surface area (Å²) >= 11 is 0. The minimum Gasteiger partial charge on any atom is -0.354 e. The van der Waals surface area contributed by atoms with Gasteiger partial charge in [-0.2, -0.15) is 0 Å². The van der Waals surface area contributed by atoms with Gasteiger partial charge in [-0.1, -0.05) is 31.2 Å². The van der Waals surface area contributed by atoms with E-state index in [0.717, 1.165) is 26.1 Å². The van der Waals surface area contributed by atoms with Crippen molar-refractivity contribution in [1.82, 2.24) is 15.1 Å². The number of carbonyl (C=O) groups excluding carboxylic acids is 1. The first kappa shape index (κ1) is 18.4. The normalized spacial score (nSPS) is 20.9. The van der Waals surface area contributed by atoms with Gasteiger partial charge in [0.05, 0.1) is 6.04 Å². The summed E-state index contributed by atoms with van der Waals surface area (Å²) in [6.07, 6.45) is 4.71. The Bertz CT molecular complexity index is 566. The molecule has 0 aromatic heterocycles. The van der Waals surface area contributed by atoms with Gasteiger partial charge in [0.1, 0.15) is 0 Å². The second-order valence-corrected chi connectivity index (χ2v) is 7.70. The molecule has 1 saturated heterocycles. The molecule has 25 heavy (non-hydrogen) atoms. The Kier molecular flexibility index (Phi) is 6.49. The summed E-state index contributed by atoms with van der Waals surface area (Å²) < 4.78 is 0. The van der Waals surface area contributed by atoms with E-state index in [2.05, 4.69) is 46.3 Å². The van der Waals surface area contributed by atoms with Crippen LogP contribution < -0.4 is 5.32 Å². The second-order valence-electron chi connectivity index (χ2n) is 7.70. The number of fused-ring (bicyclic) bond motifs is 1. The lowest BCUT2D eigenvalue weighted by Crippen LogP contribution is -2.48. The number of amides is 1. The minimum absolute atomic E-state index is 0.0477. The third-order valence-corrected chi connectivity index (χ3v) is 5.90. The molecule has 1 fully saturated rings. The molecular formula is C21H33N3O. The molecular weight excluding hydrogens is 310 g/mol. The van der Waals surface area contributed by atoms with Crippen molar-refractivity contribution in [2.24, 2.45) is 5.92 Å². The van der Waals surface area contributed by atoms with E-state index in [-0.39, 0.29) is 11.9 Å². The molecule has 2 aliphatic rings. The van der Waals surface area contributed by atoms with E-state index < -0.39 is 0 Å². The molecule has 3 rings (SSSR count). The summed E-state index contributed by atoms with van der Waals surface area (Å²) in [5.41, 5.74) is 2.81. The van der Waals surface area contributed by atoms with Gasteiger partial charge in [0.2, 0.25) is 5.91 Å². The Labute approximate surface area is 152 Å². The smallest absolute Gasteiger partial charge is 0.237 e. The Morgan fingerprint density at radius 1 is 1.20 bits per heavy atom. The molecule has 4 heteroatoms. The van der Waals surface area contributed by atoms with Gasteiger partial charge < -0.3 is 10.2 Å². The summed E-state index contributed by atoms with van der Waals surface area (Å²) in [4.78, 5) is 17.5. The van der Waals surface area contributed by atoms with E-state index in [1.165, 1.54) is 50.0 Å². The number of carbonyl (C=O) groups is 1. The quantitative estimate of drug-likeness (QED) is 0.863. The van der Waals surface area contributed by atoms with Crippen LogP contribution in [-0.4, -0.2) is 54.5 Å². The average molecular weight is 344 g/mol. The summed E-state index contributed by atoms with van der Waals surface area (Å²) in [6.45, 7) is 10.6. The van der Waals surface area contributed by atoms with Crippen LogP contribution in [0.3, 0.4) is 0 Å². The summed E-state index contributed by atoms with van der Waals surface area (Å²) in [5, 5.41) is 3.22. The fourth-order valence-electron chi connectivity index (χ4n) is 4.14. The lowest BCUT2D eigenvalue weighted by atomic mass is 9.96. The SMILES string of the molecule is CCCN1CCC(CNC(=O)[C@@H](C)N2CCc3ccccc3C2)CC1. The molecule has 1 N–H and O–H groups in total. The highest BCUT2D eigenvalue weighted by atomic mass is 16.2. The number of piperidine rings is 1. The van der Waals surface area contributed by atoms with Gasteiger partial charge in [0, 0.05) is 19.6 Å². The van der Waals surface area contributed by atoms with E-state index in [1.54, 1.807) is 0 Å². The summed E-state index contributed by atoms with van der Waals surface area (Å²) in [6, 6.07) is 8.56. The highest BCUT2D eigenvalue weighted by Crippen LogP contribution is 2.20. The number of hydrogen-bond donors (Lipinski definition) is 1. The lowest BCUT2D eigenvalue weighted by molar-refractivity contribution is -0.126. The second kappa shape index (κ2) is 8.81. The first-order valence-corrected chi connectivity index (χ1v) is 9.98. The zero-order valence-electron chi connectivity index (χ0n) is 15.8. The van der Waals surface area contributed by atoms with Crippen LogP contribution in [0, 0.1) is 5.92 Å². The minimum atomic E-state index is -0.0477. The van der Waals surface area contributed by atoms with Crippen LogP contribution in [0.25, 0.3) is 0 Å². The number of benzene rings is 1. The number of nitrogens with zero attached hydrogens (tertiary/aromatic N) is 2. The van der Waals surface area contributed by atoms with Crippen LogP contribution in [0.5, 0.6) is 0 Å². The number of likely N-dealkylation sites (tertiary alicyclic amines) is 1. The standard InChI is InChI=1S/C21H33N3O/c1-3-11-23-12-8-18(9-13-23)15-22-21(25)17(2)24-14-10-19-6-4-5-7-20(19)16-24/h4-7,17-18H,3,8-16H2,1-2H3,(H,22,25)/t17-/m1/s1. The topological polar surface area (TPSA) is 35.6 Å². The zero-order chi connectivity index (χ0) is 17.6. The molecule has 0 saturated carbocycles. The molecule has 2 heterocycles. The van der Waals surface area contributed by atoms with Crippen LogP contribution in [0.1, 0.15) is 44.2 Å².